The Morgan fingerprint density at radius 2 is 1.74 bits per heavy atom. The van der Waals surface area contributed by atoms with Crippen LogP contribution in [0.1, 0.15) is 17.3 Å². The van der Waals surface area contributed by atoms with Crippen LogP contribution >= 0.6 is 11.8 Å². The molecule has 0 N–H and O–H groups in total. The summed E-state index contributed by atoms with van der Waals surface area (Å²) >= 11 is 1.06. The average Bonchev–Trinajstić information content (AvgIpc) is 2.38. The van der Waals surface area contributed by atoms with E-state index >= 15 is 0 Å². The first-order chi connectivity index (χ1) is 9.00. The standard InChI is InChI=1S/C14H12O4S/c1-8(13(15)16)19-11-7-3-5-9-4-2-6-10(12(9)11)14(17)18/h2-8H,1H3,(H,15,16)(H,17,18)/p-2. The first-order valence-corrected chi connectivity index (χ1v) is 6.49. The summed E-state index contributed by atoms with van der Waals surface area (Å²) in [5, 5.41) is 22.4. The van der Waals surface area contributed by atoms with Crippen LogP contribution in [-0.4, -0.2) is 17.2 Å². The zero-order valence-corrected chi connectivity index (χ0v) is 10.9. The average molecular weight is 274 g/mol. The van der Waals surface area contributed by atoms with Crippen molar-refractivity contribution in [1.29, 1.82) is 0 Å². The van der Waals surface area contributed by atoms with E-state index in [4.69, 9.17) is 0 Å². The number of thioether (sulfide) groups is 1. The Morgan fingerprint density at radius 3 is 2.32 bits per heavy atom. The SMILES string of the molecule is CC(Sc1cccc2cccc(C(=O)[O-])c12)C(=O)[O-]. The molecule has 0 heterocycles. The van der Waals surface area contributed by atoms with Crippen molar-refractivity contribution in [1.82, 2.24) is 0 Å². The summed E-state index contributed by atoms with van der Waals surface area (Å²) in [7, 11) is 0. The van der Waals surface area contributed by atoms with Crippen molar-refractivity contribution in [2.45, 2.75) is 17.1 Å². The van der Waals surface area contributed by atoms with E-state index in [-0.39, 0.29) is 5.56 Å². The number of aromatic carboxylic acids is 1. The van der Waals surface area contributed by atoms with Crippen LogP contribution in [0.3, 0.4) is 0 Å². The van der Waals surface area contributed by atoms with Gasteiger partial charge in [-0.1, -0.05) is 30.3 Å². The van der Waals surface area contributed by atoms with Crippen molar-refractivity contribution in [2.75, 3.05) is 0 Å². The van der Waals surface area contributed by atoms with E-state index in [1.807, 2.05) is 0 Å². The number of carboxylic acid groups (broad SMARTS) is 2. The number of benzene rings is 2. The molecule has 2 rings (SSSR count). The maximum atomic E-state index is 11.1. The number of rotatable bonds is 4. The number of carbonyl (C=O) groups is 2. The molecule has 2 aromatic rings. The molecule has 0 amide bonds. The molecular weight excluding hydrogens is 264 g/mol. The highest BCUT2D eigenvalue weighted by atomic mass is 32.2. The smallest absolute Gasteiger partial charge is 0.0721 e. The summed E-state index contributed by atoms with van der Waals surface area (Å²) in [5.74, 6) is -2.47. The Hall–Kier alpha value is -2.01. The van der Waals surface area contributed by atoms with Crippen LogP contribution in [0.25, 0.3) is 10.8 Å². The van der Waals surface area contributed by atoms with Crippen LogP contribution in [-0.2, 0) is 4.79 Å². The molecule has 0 aromatic heterocycles. The second kappa shape index (κ2) is 5.32. The molecule has 4 nitrogen and oxygen atoms in total. The number of fused-ring (bicyclic) bond motifs is 1. The molecule has 0 aliphatic heterocycles. The molecule has 0 fully saturated rings. The molecule has 98 valence electrons. The summed E-state index contributed by atoms with van der Waals surface area (Å²) in [4.78, 5) is 22.5. The second-order valence-electron chi connectivity index (χ2n) is 4.03. The molecule has 19 heavy (non-hydrogen) atoms. The predicted molar refractivity (Wildman–Crippen MR) is 68.6 cm³/mol. The lowest BCUT2D eigenvalue weighted by Crippen LogP contribution is -2.31. The van der Waals surface area contributed by atoms with Crippen molar-refractivity contribution >= 4 is 34.5 Å². The predicted octanol–water partition coefficient (Wildman–Crippen LogP) is 0.434. The topological polar surface area (TPSA) is 80.3 Å². The summed E-state index contributed by atoms with van der Waals surface area (Å²) in [6.45, 7) is 1.50. The van der Waals surface area contributed by atoms with Crippen molar-refractivity contribution in [3.05, 3.63) is 42.0 Å². The summed E-state index contributed by atoms with van der Waals surface area (Å²) in [5.41, 5.74) is 0.0612. The minimum Gasteiger partial charge on any atom is -0.549 e. The second-order valence-corrected chi connectivity index (χ2v) is 5.41. The Labute approximate surface area is 114 Å². The number of aliphatic carboxylic acids is 1. The van der Waals surface area contributed by atoms with E-state index in [1.54, 1.807) is 30.3 Å². The maximum absolute atomic E-state index is 11.1. The quantitative estimate of drug-likeness (QED) is 0.755. The summed E-state index contributed by atoms with van der Waals surface area (Å²) in [6, 6.07) is 10.1. The van der Waals surface area contributed by atoms with Crippen LogP contribution in [0.2, 0.25) is 0 Å². The van der Waals surface area contributed by atoms with Gasteiger partial charge in [-0.15, -0.1) is 11.8 Å². The third kappa shape index (κ3) is 2.71. The molecule has 0 saturated heterocycles. The first-order valence-electron chi connectivity index (χ1n) is 5.61. The van der Waals surface area contributed by atoms with Gasteiger partial charge in [0.1, 0.15) is 0 Å². The highest BCUT2D eigenvalue weighted by Gasteiger charge is 2.11. The van der Waals surface area contributed by atoms with Gasteiger partial charge in [-0.3, -0.25) is 0 Å². The van der Waals surface area contributed by atoms with Crippen molar-refractivity contribution in [2.24, 2.45) is 0 Å². The maximum Gasteiger partial charge on any atom is 0.0721 e. The Morgan fingerprint density at radius 1 is 1.11 bits per heavy atom. The van der Waals surface area contributed by atoms with Gasteiger partial charge in [0.2, 0.25) is 0 Å². The number of carboxylic acids is 2. The third-order valence-corrected chi connectivity index (χ3v) is 3.86. The molecule has 0 aliphatic rings. The van der Waals surface area contributed by atoms with Crippen LogP contribution in [0.5, 0.6) is 0 Å². The van der Waals surface area contributed by atoms with E-state index in [0.29, 0.717) is 10.3 Å². The lowest BCUT2D eigenvalue weighted by atomic mass is 10.0. The molecule has 0 spiro atoms. The van der Waals surface area contributed by atoms with E-state index in [2.05, 4.69) is 0 Å². The zero-order valence-electron chi connectivity index (χ0n) is 10.1. The zero-order chi connectivity index (χ0) is 14.0. The van der Waals surface area contributed by atoms with Gasteiger partial charge in [0, 0.05) is 21.1 Å². The van der Waals surface area contributed by atoms with E-state index < -0.39 is 17.2 Å². The normalized spacial score (nSPS) is 12.3. The Kier molecular flexibility index (Phi) is 3.76. The fourth-order valence-electron chi connectivity index (χ4n) is 1.81. The molecule has 1 unspecified atom stereocenters. The lowest BCUT2D eigenvalue weighted by molar-refractivity contribution is -0.304. The van der Waals surface area contributed by atoms with E-state index in [0.717, 1.165) is 17.1 Å². The molecular formula is C14H10O4S-2. The Balaban J connectivity index is 2.61. The van der Waals surface area contributed by atoms with Gasteiger partial charge < -0.3 is 19.8 Å². The third-order valence-electron chi connectivity index (χ3n) is 2.72. The molecule has 5 heteroatoms. The van der Waals surface area contributed by atoms with Gasteiger partial charge in [-0.2, -0.15) is 0 Å². The largest absolute Gasteiger partial charge is 0.549 e. The highest BCUT2D eigenvalue weighted by Crippen LogP contribution is 2.32. The first kappa shape index (κ1) is 13.4. The highest BCUT2D eigenvalue weighted by molar-refractivity contribution is 8.00. The summed E-state index contributed by atoms with van der Waals surface area (Å²) in [6.07, 6.45) is 0. The van der Waals surface area contributed by atoms with Gasteiger partial charge in [0.15, 0.2) is 0 Å². The van der Waals surface area contributed by atoms with E-state index in [1.165, 1.54) is 13.0 Å². The van der Waals surface area contributed by atoms with Crippen LogP contribution < -0.4 is 10.2 Å². The molecule has 1 atom stereocenters. The number of hydrogen-bond donors (Lipinski definition) is 0. The van der Waals surface area contributed by atoms with E-state index in [9.17, 15) is 19.8 Å². The van der Waals surface area contributed by atoms with Crippen molar-refractivity contribution in [3.63, 3.8) is 0 Å². The van der Waals surface area contributed by atoms with Crippen LogP contribution in [0.4, 0.5) is 0 Å². The lowest BCUT2D eigenvalue weighted by Gasteiger charge is -2.16. The minimum absolute atomic E-state index is 0.0612. The molecule has 0 radical (unpaired) electrons. The van der Waals surface area contributed by atoms with Crippen molar-refractivity contribution < 1.29 is 19.8 Å². The number of hydrogen-bond acceptors (Lipinski definition) is 5. The van der Waals surface area contributed by atoms with Gasteiger partial charge in [0.05, 0.1) is 11.9 Å². The molecule has 0 bridgehead atoms. The summed E-state index contributed by atoms with van der Waals surface area (Å²) < 4.78 is 0. The van der Waals surface area contributed by atoms with Crippen LogP contribution in [0.15, 0.2) is 41.3 Å². The van der Waals surface area contributed by atoms with Gasteiger partial charge in [-0.25, -0.2) is 0 Å². The van der Waals surface area contributed by atoms with Gasteiger partial charge >= 0.3 is 0 Å². The van der Waals surface area contributed by atoms with Gasteiger partial charge in [-0.05, 0) is 18.4 Å². The Bertz CT molecular complexity index is 646. The molecule has 2 aromatic carbocycles. The molecule has 0 saturated carbocycles. The van der Waals surface area contributed by atoms with Gasteiger partial charge in [0.25, 0.3) is 0 Å². The minimum atomic E-state index is -1.28. The van der Waals surface area contributed by atoms with Crippen molar-refractivity contribution in [3.8, 4) is 0 Å². The molecule has 0 aliphatic carbocycles. The fourth-order valence-corrected chi connectivity index (χ4v) is 2.79. The number of carbonyl (C=O) groups excluding carboxylic acids is 2. The monoisotopic (exact) mass is 274 g/mol. The fraction of sp³-hybridized carbons (Fsp3) is 0.143. The van der Waals surface area contributed by atoms with Crippen LogP contribution in [0, 0.1) is 0 Å².